The number of carbonyl (C=O) groups excluding carboxylic acids is 1. The maximum atomic E-state index is 13.3. The van der Waals surface area contributed by atoms with Gasteiger partial charge in [0.05, 0.1) is 10.3 Å². The molecule has 33 heavy (non-hydrogen) atoms. The number of rotatable bonds is 5. The first-order chi connectivity index (χ1) is 15.6. The molecule has 4 rings (SSSR count). The number of hydrogen-bond acceptors (Lipinski definition) is 5. The first-order valence-corrected chi connectivity index (χ1v) is 11.8. The molecule has 0 unspecified atom stereocenters. The summed E-state index contributed by atoms with van der Waals surface area (Å²) in [6, 6.07) is 16.8. The first kappa shape index (κ1) is 22.4. The maximum absolute atomic E-state index is 13.3. The SMILES string of the molecule is Cc1ccc(S(=O)(=O)c2cn(CC(=O)Nc3cccc(C)c3)c3nc(C)ccc3c2=O)cc1. The zero-order valence-corrected chi connectivity index (χ0v) is 19.3. The van der Waals surface area contributed by atoms with Gasteiger partial charge in [-0.05, 0) is 62.7 Å². The number of amides is 1. The number of fused-ring (bicyclic) bond motifs is 1. The lowest BCUT2D eigenvalue weighted by molar-refractivity contribution is -0.116. The molecular formula is C25H23N3O4S. The van der Waals surface area contributed by atoms with E-state index in [2.05, 4.69) is 10.3 Å². The Balaban J connectivity index is 1.82. The van der Waals surface area contributed by atoms with Crippen LogP contribution in [0, 0.1) is 20.8 Å². The molecule has 1 N–H and O–H groups in total. The number of anilines is 1. The minimum absolute atomic E-state index is 0.0142. The topological polar surface area (TPSA) is 98.1 Å². The van der Waals surface area contributed by atoms with Crippen LogP contribution < -0.4 is 10.7 Å². The Morgan fingerprint density at radius 2 is 1.70 bits per heavy atom. The van der Waals surface area contributed by atoms with E-state index in [0.29, 0.717) is 11.4 Å². The number of nitrogens with one attached hydrogen (secondary N) is 1. The summed E-state index contributed by atoms with van der Waals surface area (Å²) in [7, 11) is -4.10. The van der Waals surface area contributed by atoms with E-state index in [9.17, 15) is 18.0 Å². The Hall–Kier alpha value is -3.78. The number of hydrogen-bond donors (Lipinski definition) is 1. The quantitative estimate of drug-likeness (QED) is 0.488. The predicted octanol–water partition coefficient (Wildman–Crippen LogP) is 3.79. The Bertz CT molecular complexity index is 1540. The Labute approximate surface area is 191 Å². The number of aromatic nitrogens is 2. The summed E-state index contributed by atoms with van der Waals surface area (Å²) in [5, 5.41) is 2.94. The van der Waals surface area contributed by atoms with Gasteiger partial charge in [-0.1, -0.05) is 29.8 Å². The van der Waals surface area contributed by atoms with Gasteiger partial charge >= 0.3 is 0 Å². The van der Waals surface area contributed by atoms with Crippen LogP contribution in [0.1, 0.15) is 16.8 Å². The molecule has 0 aliphatic heterocycles. The highest BCUT2D eigenvalue weighted by atomic mass is 32.2. The number of aryl methyl sites for hydroxylation is 3. The lowest BCUT2D eigenvalue weighted by Gasteiger charge is -2.14. The standard InChI is InChI=1S/C25H23N3O4S/c1-16-7-10-20(11-8-16)33(31,32)22-14-28(25-21(24(22)30)12-9-18(3)26-25)15-23(29)27-19-6-4-5-17(2)13-19/h4-14H,15H2,1-3H3,(H,27,29). The summed E-state index contributed by atoms with van der Waals surface area (Å²) in [4.78, 5) is 30.0. The highest BCUT2D eigenvalue weighted by molar-refractivity contribution is 7.91. The molecule has 0 saturated carbocycles. The van der Waals surface area contributed by atoms with Crippen molar-refractivity contribution in [2.24, 2.45) is 0 Å². The van der Waals surface area contributed by atoms with Crippen LogP contribution in [0.5, 0.6) is 0 Å². The molecule has 4 aromatic rings. The van der Waals surface area contributed by atoms with Crippen LogP contribution in [-0.2, 0) is 21.2 Å². The van der Waals surface area contributed by atoms with Gasteiger partial charge in [-0.3, -0.25) is 9.59 Å². The molecule has 2 aromatic heterocycles. The molecule has 8 heteroatoms. The van der Waals surface area contributed by atoms with E-state index in [-0.39, 0.29) is 28.4 Å². The average Bonchev–Trinajstić information content (AvgIpc) is 2.75. The van der Waals surface area contributed by atoms with Crippen LogP contribution in [0.4, 0.5) is 5.69 Å². The van der Waals surface area contributed by atoms with Crippen LogP contribution in [0.2, 0.25) is 0 Å². The third kappa shape index (κ3) is 4.56. The average molecular weight is 462 g/mol. The second kappa shape index (κ2) is 8.63. The fourth-order valence-corrected chi connectivity index (χ4v) is 4.94. The van der Waals surface area contributed by atoms with E-state index < -0.39 is 20.2 Å². The van der Waals surface area contributed by atoms with Gasteiger partial charge in [0.1, 0.15) is 17.1 Å². The Morgan fingerprint density at radius 1 is 0.970 bits per heavy atom. The van der Waals surface area contributed by atoms with Gasteiger partial charge in [0.25, 0.3) is 0 Å². The molecule has 1 amide bonds. The van der Waals surface area contributed by atoms with E-state index in [1.54, 1.807) is 37.3 Å². The molecular weight excluding hydrogens is 438 g/mol. The molecule has 0 saturated heterocycles. The van der Waals surface area contributed by atoms with Crippen molar-refractivity contribution in [1.29, 1.82) is 0 Å². The van der Waals surface area contributed by atoms with Gasteiger partial charge in [0, 0.05) is 17.6 Å². The van der Waals surface area contributed by atoms with Crippen molar-refractivity contribution in [2.75, 3.05) is 5.32 Å². The van der Waals surface area contributed by atoms with E-state index in [1.807, 2.05) is 32.0 Å². The molecule has 168 valence electrons. The van der Waals surface area contributed by atoms with Crippen LogP contribution >= 0.6 is 0 Å². The summed E-state index contributed by atoms with van der Waals surface area (Å²) in [6.45, 7) is 5.32. The fraction of sp³-hybridized carbons (Fsp3) is 0.160. The summed E-state index contributed by atoms with van der Waals surface area (Å²) in [6.07, 6.45) is 1.21. The molecule has 0 aliphatic carbocycles. The van der Waals surface area contributed by atoms with Crippen molar-refractivity contribution < 1.29 is 13.2 Å². The number of nitrogens with zero attached hydrogens (tertiary/aromatic N) is 2. The van der Waals surface area contributed by atoms with Gasteiger partial charge in [0.2, 0.25) is 21.2 Å². The Kier molecular flexibility index (Phi) is 5.86. The van der Waals surface area contributed by atoms with Crippen molar-refractivity contribution in [1.82, 2.24) is 9.55 Å². The van der Waals surface area contributed by atoms with Crippen molar-refractivity contribution in [2.45, 2.75) is 37.1 Å². The highest BCUT2D eigenvalue weighted by Gasteiger charge is 2.24. The molecule has 0 aliphatic rings. The second-order valence-corrected chi connectivity index (χ2v) is 9.93. The van der Waals surface area contributed by atoms with Crippen molar-refractivity contribution in [3.05, 3.63) is 93.9 Å². The smallest absolute Gasteiger partial charge is 0.244 e. The summed E-state index contributed by atoms with van der Waals surface area (Å²) < 4.78 is 28.0. The lowest BCUT2D eigenvalue weighted by Crippen LogP contribution is -2.24. The third-order valence-corrected chi connectivity index (χ3v) is 7.03. The summed E-state index contributed by atoms with van der Waals surface area (Å²) in [5.41, 5.74) is 2.77. The van der Waals surface area contributed by atoms with Gasteiger partial charge < -0.3 is 9.88 Å². The third-order valence-electron chi connectivity index (χ3n) is 5.26. The molecule has 0 atom stereocenters. The van der Waals surface area contributed by atoms with Crippen molar-refractivity contribution in [3.8, 4) is 0 Å². The summed E-state index contributed by atoms with van der Waals surface area (Å²) >= 11 is 0. The van der Waals surface area contributed by atoms with Gasteiger partial charge in [0.15, 0.2) is 0 Å². The van der Waals surface area contributed by atoms with E-state index in [1.165, 1.54) is 22.9 Å². The molecule has 2 aromatic carbocycles. The van der Waals surface area contributed by atoms with Crippen molar-refractivity contribution in [3.63, 3.8) is 0 Å². The number of sulfone groups is 1. The minimum Gasteiger partial charge on any atom is -0.325 e. The summed E-state index contributed by atoms with van der Waals surface area (Å²) in [5.74, 6) is -0.368. The molecule has 0 bridgehead atoms. The predicted molar refractivity (Wildman–Crippen MR) is 127 cm³/mol. The maximum Gasteiger partial charge on any atom is 0.244 e. The molecule has 0 spiro atoms. The van der Waals surface area contributed by atoms with Crippen LogP contribution in [0.3, 0.4) is 0 Å². The molecule has 2 heterocycles. The van der Waals surface area contributed by atoms with E-state index in [4.69, 9.17) is 0 Å². The minimum atomic E-state index is -4.10. The van der Waals surface area contributed by atoms with Crippen LogP contribution in [0.25, 0.3) is 11.0 Å². The lowest BCUT2D eigenvalue weighted by atomic mass is 10.2. The van der Waals surface area contributed by atoms with Crippen LogP contribution in [-0.4, -0.2) is 23.9 Å². The normalized spacial score (nSPS) is 11.5. The zero-order valence-electron chi connectivity index (χ0n) is 18.5. The molecule has 7 nitrogen and oxygen atoms in total. The Morgan fingerprint density at radius 3 is 2.39 bits per heavy atom. The number of pyridine rings is 2. The van der Waals surface area contributed by atoms with E-state index >= 15 is 0 Å². The largest absolute Gasteiger partial charge is 0.325 e. The van der Waals surface area contributed by atoms with Gasteiger partial charge in [-0.2, -0.15) is 0 Å². The molecule has 0 radical (unpaired) electrons. The fourth-order valence-electron chi connectivity index (χ4n) is 3.57. The first-order valence-electron chi connectivity index (χ1n) is 10.3. The van der Waals surface area contributed by atoms with Crippen LogP contribution in [0.15, 0.2) is 81.4 Å². The van der Waals surface area contributed by atoms with Crippen molar-refractivity contribution >= 4 is 32.5 Å². The van der Waals surface area contributed by atoms with Gasteiger partial charge in [-0.25, -0.2) is 13.4 Å². The highest BCUT2D eigenvalue weighted by Crippen LogP contribution is 2.21. The van der Waals surface area contributed by atoms with E-state index in [0.717, 1.165) is 11.1 Å². The number of carbonyl (C=O) groups is 1. The number of benzene rings is 2. The van der Waals surface area contributed by atoms with Gasteiger partial charge in [-0.15, -0.1) is 0 Å². The monoisotopic (exact) mass is 461 g/mol. The second-order valence-electron chi connectivity index (χ2n) is 8.01. The zero-order chi connectivity index (χ0) is 23.8. The molecule has 0 fully saturated rings.